The lowest BCUT2D eigenvalue weighted by atomic mass is 10.2. The summed E-state index contributed by atoms with van der Waals surface area (Å²) in [5.74, 6) is 0.611. The summed E-state index contributed by atoms with van der Waals surface area (Å²) in [5.41, 5.74) is 1.69. The second-order valence-corrected chi connectivity index (χ2v) is 4.51. The van der Waals surface area contributed by atoms with Crippen LogP contribution >= 0.6 is 12.4 Å². The number of ether oxygens (including phenoxy) is 1. The molecule has 0 aliphatic carbocycles. The number of aromatic nitrogens is 2. The predicted octanol–water partition coefficient (Wildman–Crippen LogP) is 2.55. The van der Waals surface area contributed by atoms with E-state index in [1.54, 1.807) is 24.5 Å². The van der Waals surface area contributed by atoms with Gasteiger partial charge in [0.25, 0.3) is 0 Å². The van der Waals surface area contributed by atoms with Crippen molar-refractivity contribution in [2.45, 2.75) is 13.3 Å². The van der Waals surface area contributed by atoms with Gasteiger partial charge in [0.15, 0.2) is 0 Å². The number of anilines is 1. The van der Waals surface area contributed by atoms with E-state index in [0.717, 1.165) is 11.3 Å². The highest BCUT2D eigenvalue weighted by molar-refractivity contribution is 5.91. The summed E-state index contributed by atoms with van der Waals surface area (Å²) >= 11 is 0. The molecule has 2 aromatic rings. The van der Waals surface area contributed by atoms with Crippen LogP contribution in [0.4, 0.5) is 5.69 Å². The Morgan fingerprint density at radius 1 is 1.27 bits per heavy atom. The van der Waals surface area contributed by atoms with Crippen molar-refractivity contribution < 1.29 is 9.53 Å². The first-order valence-corrected chi connectivity index (χ1v) is 6.69. The molecule has 0 spiro atoms. The SMILES string of the molecule is CNCCC(=O)Nc1ccc(Oc2ncccn2)cc1C.Cl. The molecule has 2 N–H and O–H groups in total. The molecule has 1 heterocycles. The maximum atomic E-state index is 11.7. The van der Waals surface area contributed by atoms with Crippen LogP contribution in [0.1, 0.15) is 12.0 Å². The molecule has 2 rings (SSSR count). The molecule has 7 heteroatoms. The van der Waals surface area contributed by atoms with Crippen molar-refractivity contribution in [1.82, 2.24) is 15.3 Å². The number of hydrogen-bond acceptors (Lipinski definition) is 5. The Kier molecular flexibility index (Phi) is 7.28. The molecule has 1 aromatic heterocycles. The molecule has 0 fully saturated rings. The Balaban J connectivity index is 0.00000242. The van der Waals surface area contributed by atoms with Gasteiger partial charge in [-0.25, -0.2) is 9.97 Å². The van der Waals surface area contributed by atoms with Crippen molar-refractivity contribution in [3.8, 4) is 11.8 Å². The van der Waals surface area contributed by atoms with E-state index >= 15 is 0 Å². The summed E-state index contributed by atoms with van der Waals surface area (Å²) in [5, 5.41) is 5.81. The number of aryl methyl sites for hydroxylation is 1. The number of halogens is 1. The summed E-state index contributed by atoms with van der Waals surface area (Å²) in [6.45, 7) is 2.56. The van der Waals surface area contributed by atoms with Crippen molar-refractivity contribution in [3.05, 3.63) is 42.2 Å². The highest BCUT2D eigenvalue weighted by atomic mass is 35.5. The Morgan fingerprint density at radius 2 is 2.00 bits per heavy atom. The average Bonchev–Trinajstić information content (AvgIpc) is 2.49. The first-order chi connectivity index (χ1) is 10.2. The summed E-state index contributed by atoms with van der Waals surface area (Å²) in [6.07, 6.45) is 3.67. The number of nitrogens with one attached hydrogen (secondary N) is 2. The lowest BCUT2D eigenvalue weighted by Crippen LogP contribution is -2.19. The summed E-state index contributed by atoms with van der Waals surface area (Å²) in [6, 6.07) is 7.44. The average molecular weight is 323 g/mol. The summed E-state index contributed by atoms with van der Waals surface area (Å²) < 4.78 is 5.54. The second-order valence-electron chi connectivity index (χ2n) is 4.51. The van der Waals surface area contributed by atoms with E-state index in [-0.39, 0.29) is 18.3 Å². The van der Waals surface area contributed by atoms with Gasteiger partial charge in [-0.1, -0.05) is 0 Å². The fourth-order valence-corrected chi connectivity index (χ4v) is 1.73. The highest BCUT2D eigenvalue weighted by Gasteiger charge is 2.06. The van der Waals surface area contributed by atoms with E-state index in [1.165, 1.54) is 0 Å². The number of hydrogen-bond donors (Lipinski definition) is 2. The van der Waals surface area contributed by atoms with Crippen molar-refractivity contribution in [2.75, 3.05) is 18.9 Å². The molecular formula is C15H19ClN4O2. The standard InChI is InChI=1S/C15H18N4O2.ClH/c1-11-10-12(21-15-17-7-3-8-18-15)4-5-13(11)19-14(20)6-9-16-2;/h3-5,7-8,10,16H,6,9H2,1-2H3,(H,19,20);1H. The minimum absolute atomic E-state index is 0. The second kappa shape index (κ2) is 8.96. The number of rotatable bonds is 6. The molecule has 1 amide bonds. The zero-order valence-electron chi connectivity index (χ0n) is 12.5. The van der Waals surface area contributed by atoms with Crippen LogP contribution in [0.15, 0.2) is 36.7 Å². The molecule has 0 saturated carbocycles. The Morgan fingerprint density at radius 3 is 2.64 bits per heavy atom. The zero-order chi connectivity index (χ0) is 15.1. The molecule has 0 radical (unpaired) electrons. The van der Waals surface area contributed by atoms with Crippen molar-refractivity contribution in [2.24, 2.45) is 0 Å². The van der Waals surface area contributed by atoms with Gasteiger partial charge in [0.2, 0.25) is 5.91 Å². The fourth-order valence-electron chi connectivity index (χ4n) is 1.73. The van der Waals surface area contributed by atoms with E-state index in [9.17, 15) is 4.79 Å². The zero-order valence-corrected chi connectivity index (χ0v) is 13.3. The Hall–Kier alpha value is -2.18. The third-order valence-corrected chi connectivity index (χ3v) is 2.83. The van der Waals surface area contributed by atoms with Crippen molar-refractivity contribution >= 4 is 24.0 Å². The normalized spacial score (nSPS) is 9.73. The third-order valence-electron chi connectivity index (χ3n) is 2.83. The number of carbonyl (C=O) groups excluding carboxylic acids is 1. The van der Waals surface area contributed by atoms with Gasteiger partial charge in [-0.15, -0.1) is 12.4 Å². The Bertz CT molecular complexity index is 608. The van der Waals surface area contributed by atoms with Crippen LogP contribution in [-0.4, -0.2) is 29.5 Å². The first kappa shape index (κ1) is 17.9. The molecule has 0 aliphatic heterocycles. The number of benzene rings is 1. The van der Waals surface area contributed by atoms with Crippen LogP contribution in [0, 0.1) is 6.92 Å². The monoisotopic (exact) mass is 322 g/mol. The van der Waals surface area contributed by atoms with Crippen LogP contribution in [0.5, 0.6) is 11.8 Å². The summed E-state index contributed by atoms with van der Waals surface area (Å²) in [4.78, 5) is 19.7. The van der Waals surface area contributed by atoms with E-state index in [1.807, 2.05) is 26.1 Å². The van der Waals surface area contributed by atoms with E-state index in [2.05, 4.69) is 20.6 Å². The number of carbonyl (C=O) groups is 1. The third kappa shape index (κ3) is 5.31. The van der Waals surface area contributed by atoms with E-state index < -0.39 is 0 Å². The fraction of sp³-hybridized carbons (Fsp3) is 0.267. The highest BCUT2D eigenvalue weighted by Crippen LogP contribution is 2.24. The molecule has 0 atom stereocenters. The molecule has 118 valence electrons. The van der Waals surface area contributed by atoms with Crippen LogP contribution in [0.2, 0.25) is 0 Å². The number of nitrogens with zero attached hydrogens (tertiary/aromatic N) is 2. The lowest BCUT2D eigenvalue weighted by Gasteiger charge is -2.10. The van der Waals surface area contributed by atoms with Crippen molar-refractivity contribution in [3.63, 3.8) is 0 Å². The van der Waals surface area contributed by atoms with Gasteiger partial charge >= 0.3 is 6.01 Å². The van der Waals surface area contributed by atoms with Gasteiger partial charge in [-0.2, -0.15) is 0 Å². The molecule has 0 unspecified atom stereocenters. The lowest BCUT2D eigenvalue weighted by molar-refractivity contribution is -0.116. The maximum Gasteiger partial charge on any atom is 0.321 e. The van der Waals surface area contributed by atoms with Crippen LogP contribution < -0.4 is 15.4 Å². The van der Waals surface area contributed by atoms with Gasteiger partial charge in [0.05, 0.1) is 0 Å². The van der Waals surface area contributed by atoms with Crippen LogP contribution in [0.25, 0.3) is 0 Å². The van der Waals surface area contributed by atoms with Gasteiger partial charge in [-0.3, -0.25) is 4.79 Å². The first-order valence-electron chi connectivity index (χ1n) is 6.69. The topological polar surface area (TPSA) is 76.1 Å². The smallest absolute Gasteiger partial charge is 0.321 e. The molecular weight excluding hydrogens is 304 g/mol. The van der Waals surface area contributed by atoms with Gasteiger partial charge < -0.3 is 15.4 Å². The Labute approximate surface area is 135 Å². The van der Waals surface area contributed by atoms with Gasteiger partial charge in [0, 0.05) is 31.0 Å². The maximum absolute atomic E-state index is 11.7. The summed E-state index contributed by atoms with van der Waals surface area (Å²) in [7, 11) is 1.82. The van der Waals surface area contributed by atoms with Crippen LogP contribution in [-0.2, 0) is 4.79 Å². The quantitative estimate of drug-likeness (QED) is 0.854. The van der Waals surface area contributed by atoms with Gasteiger partial charge in [0.1, 0.15) is 5.75 Å². The van der Waals surface area contributed by atoms with E-state index in [4.69, 9.17) is 4.74 Å². The van der Waals surface area contributed by atoms with Gasteiger partial charge in [-0.05, 0) is 43.8 Å². The molecule has 0 bridgehead atoms. The van der Waals surface area contributed by atoms with Crippen LogP contribution in [0.3, 0.4) is 0 Å². The molecule has 0 aliphatic rings. The molecule has 0 saturated heterocycles. The molecule has 1 aromatic carbocycles. The minimum atomic E-state index is -0.0208. The largest absolute Gasteiger partial charge is 0.424 e. The minimum Gasteiger partial charge on any atom is -0.424 e. The van der Waals surface area contributed by atoms with Crippen molar-refractivity contribution in [1.29, 1.82) is 0 Å². The molecule has 6 nitrogen and oxygen atoms in total. The van der Waals surface area contributed by atoms with E-state index in [0.29, 0.717) is 24.7 Å². The molecule has 22 heavy (non-hydrogen) atoms. The number of amides is 1. The predicted molar refractivity (Wildman–Crippen MR) is 87.7 cm³/mol.